The lowest BCUT2D eigenvalue weighted by atomic mass is 10.1. The predicted octanol–water partition coefficient (Wildman–Crippen LogP) is 2.73. The minimum absolute atomic E-state index is 0. The predicted molar refractivity (Wildman–Crippen MR) is 102 cm³/mol. The topological polar surface area (TPSA) is 65.5 Å². The van der Waals surface area contributed by atoms with Crippen LogP contribution in [0.25, 0.3) is 0 Å². The zero-order chi connectivity index (χ0) is 15.1. The summed E-state index contributed by atoms with van der Waals surface area (Å²) in [6.07, 6.45) is 1.93. The average Bonchev–Trinajstić information content (AvgIpc) is 2.53. The molecule has 0 saturated carbocycles. The van der Waals surface area contributed by atoms with Gasteiger partial charge in [0.2, 0.25) is 5.91 Å². The molecule has 1 aromatic rings. The monoisotopic (exact) mass is 416 g/mol. The Hall–Kier alpha value is -1.31. The Bertz CT molecular complexity index is 519. The Morgan fingerprint density at radius 1 is 1.45 bits per heavy atom. The first-order valence-corrected chi connectivity index (χ1v) is 7.61. The van der Waals surface area contributed by atoms with Gasteiger partial charge in [-0.3, -0.25) is 9.79 Å². The van der Waals surface area contributed by atoms with Crippen molar-refractivity contribution >= 4 is 41.5 Å². The van der Waals surface area contributed by atoms with Crippen molar-refractivity contribution in [3.8, 4) is 0 Å². The second kappa shape index (κ2) is 9.66. The number of amides is 1. The van der Waals surface area contributed by atoms with Crippen LogP contribution in [0.3, 0.4) is 0 Å². The first-order valence-electron chi connectivity index (χ1n) is 7.61. The molecule has 1 aliphatic rings. The molecule has 1 heterocycles. The van der Waals surface area contributed by atoms with Gasteiger partial charge in [0.05, 0.1) is 0 Å². The van der Waals surface area contributed by atoms with E-state index in [0.29, 0.717) is 6.54 Å². The summed E-state index contributed by atoms with van der Waals surface area (Å²) in [7, 11) is 0. The Morgan fingerprint density at radius 3 is 2.95 bits per heavy atom. The van der Waals surface area contributed by atoms with Gasteiger partial charge in [-0.2, -0.15) is 0 Å². The van der Waals surface area contributed by atoms with E-state index in [1.165, 1.54) is 0 Å². The SMILES string of the molecule is CCC(C)C(=O)Nc1cccc(CNC2=NCCCN2)c1.I. The maximum Gasteiger partial charge on any atom is 0.227 e. The van der Waals surface area contributed by atoms with Gasteiger partial charge in [0.25, 0.3) is 0 Å². The maximum atomic E-state index is 11.9. The van der Waals surface area contributed by atoms with E-state index in [1.54, 1.807) is 0 Å². The molecular formula is C16H25IN4O. The number of hydrogen-bond donors (Lipinski definition) is 3. The lowest BCUT2D eigenvalue weighted by molar-refractivity contribution is -0.119. The fourth-order valence-electron chi connectivity index (χ4n) is 2.05. The van der Waals surface area contributed by atoms with E-state index < -0.39 is 0 Å². The van der Waals surface area contributed by atoms with Crippen molar-refractivity contribution in [1.82, 2.24) is 10.6 Å². The van der Waals surface area contributed by atoms with Crippen LogP contribution in [0, 0.1) is 5.92 Å². The van der Waals surface area contributed by atoms with Gasteiger partial charge in [-0.05, 0) is 30.5 Å². The molecule has 122 valence electrons. The number of nitrogens with zero attached hydrogens (tertiary/aromatic N) is 1. The molecule has 0 bridgehead atoms. The molecule has 0 spiro atoms. The minimum Gasteiger partial charge on any atom is -0.356 e. The van der Waals surface area contributed by atoms with Crippen LogP contribution in [-0.4, -0.2) is 25.0 Å². The average molecular weight is 416 g/mol. The number of carbonyl (C=O) groups is 1. The standard InChI is InChI=1S/C16H24N4O.HI/c1-3-12(2)15(21)20-14-7-4-6-13(10-14)11-19-16-17-8-5-9-18-16;/h4,6-7,10,12H,3,5,8-9,11H2,1-2H3,(H,20,21)(H2,17,18,19);1H. The summed E-state index contributed by atoms with van der Waals surface area (Å²) in [6, 6.07) is 7.91. The van der Waals surface area contributed by atoms with Crippen LogP contribution >= 0.6 is 24.0 Å². The van der Waals surface area contributed by atoms with Crippen LogP contribution in [0.1, 0.15) is 32.3 Å². The lowest BCUT2D eigenvalue weighted by Gasteiger charge is -2.16. The number of halogens is 1. The summed E-state index contributed by atoms with van der Waals surface area (Å²) in [4.78, 5) is 16.3. The molecule has 3 N–H and O–H groups in total. The Kier molecular flexibility index (Phi) is 8.22. The number of guanidine groups is 1. The Balaban J connectivity index is 0.00000242. The molecule has 2 rings (SSSR count). The highest BCUT2D eigenvalue weighted by molar-refractivity contribution is 14.0. The van der Waals surface area contributed by atoms with Crippen molar-refractivity contribution in [1.29, 1.82) is 0 Å². The second-order valence-electron chi connectivity index (χ2n) is 5.36. The summed E-state index contributed by atoms with van der Waals surface area (Å²) in [5.74, 6) is 0.962. The van der Waals surface area contributed by atoms with Crippen LogP contribution in [0.15, 0.2) is 29.3 Å². The van der Waals surface area contributed by atoms with Crippen LogP contribution in [0.4, 0.5) is 5.69 Å². The molecule has 6 heteroatoms. The normalized spacial score (nSPS) is 14.9. The van der Waals surface area contributed by atoms with Crippen molar-refractivity contribution in [2.24, 2.45) is 10.9 Å². The van der Waals surface area contributed by atoms with Crippen molar-refractivity contribution in [3.63, 3.8) is 0 Å². The first-order chi connectivity index (χ1) is 10.2. The number of benzene rings is 1. The lowest BCUT2D eigenvalue weighted by Crippen LogP contribution is -2.40. The number of aliphatic imine (C=N–C) groups is 1. The van der Waals surface area contributed by atoms with Gasteiger partial charge in [0.15, 0.2) is 5.96 Å². The fraction of sp³-hybridized carbons (Fsp3) is 0.500. The van der Waals surface area contributed by atoms with Crippen LogP contribution in [0.2, 0.25) is 0 Å². The molecule has 1 aliphatic heterocycles. The molecule has 1 amide bonds. The molecule has 0 saturated heterocycles. The number of hydrogen-bond acceptors (Lipinski definition) is 4. The number of rotatable bonds is 5. The van der Waals surface area contributed by atoms with Gasteiger partial charge in [0, 0.05) is 31.2 Å². The fourth-order valence-corrected chi connectivity index (χ4v) is 2.05. The first kappa shape index (κ1) is 18.7. The molecule has 0 fully saturated rings. The van der Waals surface area contributed by atoms with E-state index in [4.69, 9.17) is 0 Å². The highest BCUT2D eigenvalue weighted by atomic mass is 127. The molecule has 0 radical (unpaired) electrons. The van der Waals surface area contributed by atoms with Gasteiger partial charge < -0.3 is 16.0 Å². The highest BCUT2D eigenvalue weighted by Crippen LogP contribution is 2.13. The van der Waals surface area contributed by atoms with Gasteiger partial charge in [-0.15, -0.1) is 24.0 Å². The van der Waals surface area contributed by atoms with E-state index in [1.807, 2.05) is 38.1 Å². The van der Waals surface area contributed by atoms with Crippen molar-refractivity contribution in [3.05, 3.63) is 29.8 Å². The van der Waals surface area contributed by atoms with Crippen LogP contribution < -0.4 is 16.0 Å². The second-order valence-corrected chi connectivity index (χ2v) is 5.36. The summed E-state index contributed by atoms with van der Waals surface area (Å²) in [6.45, 7) is 6.49. The molecule has 1 atom stereocenters. The third kappa shape index (κ3) is 5.82. The molecule has 1 aromatic carbocycles. The third-order valence-electron chi connectivity index (χ3n) is 3.61. The van der Waals surface area contributed by atoms with Crippen molar-refractivity contribution in [2.45, 2.75) is 33.2 Å². The summed E-state index contributed by atoms with van der Waals surface area (Å²) < 4.78 is 0. The summed E-state index contributed by atoms with van der Waals surface area (Å²) in [5, 5.41) is 9.46. The smallest absolute Gasteiger partial charge is 0.227 e. The molecule has 5 nitrogen and oxygen atoms in total. The Labute approximate surface area is 149 Å². The number of anilines is 1. The van der Waals surface area contributed by atoms with E-state index in [9.17, 15) is 4.79 Å². The molecule has 22 heavy (non-hydrogen) atoms. The van der Waals surface area contributed by atoms with Crippen molar-refractivity contribution in [2.75, 3.05) is 18.4 Å². The molecule has 1 unspecified atom stereocenters. The molecule has 0 aromatic heterocycles. The van der Waals surface area contributed by atoms with Crippen LogP contribution in [0.5, 0.6) is 0 Å². The maximum absolute atomic E-state index is 11.9. The van der Waals surface area contributed by atoms with E-state index in [0.717, 1.165) is 43.1 Å². The summed E-state index contributed by atoms with van der Waals surface area (Å²) in [5.41, 5.74) is 1.96. The van der Waals surface area contributed by atoms with E-state index in [2.05, 4.69) is 20.9 Å². The van der Waals surface area contributed by atoms with Gasteiger partial charge >= 0.3 is 0 Å². The van der Waals surface area contributed by atoms with Crippen molar-refractivity contribution < 1.29 is 4.79 Å². The number of carbonyl (C=O) groups excluding carboxylic acids is 1. The minimum atomic E-state index is 0. The Morgan fingerprint density at radius 2 is 2.27 bits per heavy atom. The van der Waals surface area contributed by atoms with Gasteiger partial charge in [0.1, 0.15) is 0 Å². The van der Waals surface area contributed by atoms with Gasteiger partial charge in [-0.25, -0.2) is 0 Å². The van der Waals surface area contributed by atoms with Crippen LogP contribution in [-0.2, 0) is 11.3 Å². The molecule has 0 aliphatic carbocycles. The summed E-state index contributed by atoms with van der Waals surface area (Å²) >= 11 is 0. The highest BCUT2D eigenvalue weighted by Gasteiger charge is 2.10. The largest absolute Gasteiger partial charge is 0.356 e. The molecular weight excluding hydrogens is 391 g/mol. The van der Waals surface area contributed by atoms with E-state index in [-0.39, 0.29) is 35.8 Å². The third-order valence-corrected chi connectivity index (χ3v) is 3.61. The van der Waals surface area contributed by atoms with Gasteiger partial charge in [-0.1, -0.05) is 26.0 Å². The number of nitrogens with one attached hydrogen (secondary N) is 3. The van der Waals surface area contributed by atoms with E-state index >= 15 is 0 Å². The zero-order valence-corrected chi connectivity index (χ0v) is 15.5. The quantitative estimate of drug-likeness (QED) is 0.647. The zero-order valence-electron chi connectivity index (χ0n) is 13.2.